The van der Waals surface area contributed by atoms with E-state index in [9.17, 15) is 43.9 Å². The van der Waals surface area contributed by atoms with E-state index in [1.165, 1.54) is 58.9 Å². The molecule has 3 nitrogen and oxygen atoms in total. The van der Waals surface area contributed by atoms with Gasteiger partial charge in [-0.3, -0.25) is 0 Å². The Bertz CT molecular complexity index is 726. The third-order valence-corrected chi connectivity index (χ3v) is 15.8. The van der Waals surface area contributed by atoms with Gasteiger partial charge in [-0.1, -0.05) is 0 Å². The van der Waals surface area contributed by atoms with Gasteiger partial charge in [0.05, 0.1) is 0 Å². The molecule has 224 valence electrons. The van der Waals surface area contributed by atoms with Crippen LogP contribution in [0, 0.1) is 0 Å². The average molecular weight is 643 g/mol. The molecule has 0 radical (unpaired) electrons. The summed E-state index contributed by atoms with van der Waals surface area (Å²) in [7, 11) is -15.8. The topological polar surface area (TPSA) is 27.7 Å². The molecule has 0 amide bonds. The molecule has 0 spiro atoms. The second kappa shape index (κ2) is 11.0. The third kappa shape index (κ3) is 8.18. The van der Waals surface area contributed by atoms with Crippen LogP contribution in [-0.4, -0.2) is 82.0 Å². The lowest BCUT2D eigenvalue weighted by molar-refractivity contribution is -0.384. The summed E-state index contributed by atoms with van der Waals surface area (Å²) >= 11 is 0. The lowest BCUT2D eigenvalue weighted by Crippen LogP contribution is -2.75. The molecule has 0 aromatic rings. The maximum atomic E-state index is 15.7. The van der Waals surface area contributed by atoms with Crippen molar-refractivity contribution < 1.29 is 69.4 Å². The van der Waals surface area contributed by atoms with Crippen molar-refractivity contribution in [2.45, 2.75) is 107 Å². The fourth-order valence-electron chi connectivity index (χ4n) is 2.80. The van der Waals surface area contributed by atoms with Gasteiger partial charge in [-0.25, -0.2) is 22.0 Å². The van der Waals surface area contributed by atoms with E-state index in [1.807, 2.05) is 0 Å². The Morgan fingerprint density at radius 2 is 0.757 bits per heavy atom. The fraction of sp³-hybridized carbons (Fsp3) is 1.00. The van der Waals surface area contributed by atoms with Crippen LogP contribution in [0.15, 0.2) is 0 Å². The average Bonchev–Trinajstić information content (AvgIpc) is 2.60. The number of hydrogen-bond acceptors (Lipinski definition) is 3. The van der Waals surface area contributed by atoms with Gasteiger partial charge in [-0.2, -0.15) is 35.1 Å². The predicted molar refractivity (Wildman–Crippen MR) is 120 cm³/mol. The van der Waals surface area contributed by atoms with Gasteiger partial charge in [0.1, 0.15) is 0 Å². The van der Waals surface area contributed by atoms with E-state index < -0.39 is 82.0 Å². The highest BCUT2D eigenvalue weighted by atomic mass is 28.5. The Kier molecular flexibility index (Phi) is 11.0. The second-order valence-corrected chi connectivity index (χ2v) is 28.0. The van der Waals surface area contributed by atoms with Crippen LogP contribution in [-0.2, 0) is 12.3 Å². The van der Waals surface area contributed by atoms with Crippen LogP contribution >= 0.6 is 0 Å². The van der Waals surface area contributed by atoms with E-state index in [0.29, 0.717) is 0 Å². The van der Waals surface area contributed by atoms with Gasteiger partial charge in [0, 0.05) is 0 Å². The number of hydrogen-bond donors (Lipinski definition) is 0. The predicted octanol–water partition coefficient (Wildman–Crippen LogP) is 7.84. The Morgan fingerprint density at radius 3 is 1.00 bits per heavy atom. The van der Waals surface area contributed by atoms with Crippen LogP contribution in [0.3, 0.4) is 0 Å². The van der Waals surface area contributed by atoms with Crippen molar-refractivity contribution in [2.75, 3.05) is 0 Å². The first-order chi connectivity index (χ1) is 15.8. The van der Waals surface area contributed by atoms with Gasteiger partial charge in [0.15, 0.2) is 31.1 Å². The minimum atomic E-state index is -7.57. The monoisotopic (exact) mass is 642 g/mol. The molecular formula is C17H31F13O3Si4. The normalized spacial score (nSPS) is 18.2. The van der Waals surface area contributed by atoms with E-state index in [-0.39, 0.29) is 0 Å². The maximum Gasteiger partial charge on any atom is 0.512 e. The van der Waals surface area contributed by atoms with E-state index in [4.69, 9.17) is 12.3 Å². The van der Waals surface area contributed by atoms with Gasteiger partial charge in [0.25, 0.3) is 6.43 Å². The third-order valence-electron chi connectivity index (χ3n) is 4.07. The molecule has 0 aromatic heterocycles. The summed E-state index contributed by atoms with van der Waals surface area (Å²) < 4.78 is 198. The van der Waals surface area contributed by atoms with Gasteiger partial charge in [0.2, 0.25) is 12.0 Å². The first kappa shape index (κ1) is 36.8. The lowest BCUT2D eigenvalue weighted by Gasteiger charge is -2.47. The second-order valence-electron chi connectivity index (χ2n) is 11.2. The molecule has 0 bridgehead atoms. The standard InChI is InChI=1S/C17H31F13O3Si4/c1-34(2,3)31-37(32-35(4,5)6,33-36(7,8)9)13(22)15(25,26)17(29,30)16(27,28)14(23,24)11(19)10(18)12(20)21/h10-13H,1-9H3. The van der Waals surface area contributed by atoms with E-state index in [2.05, 4.69) is 0 Å². The van der Waals surface area contributed by atoms with Crippen molar-refractivity contribution in [3.05, 3.63) is 0 Å². The van der Waals surface area contributed by atoms with Crippen molar-refractivity contribution in [2.24, 2.45) is 0 Å². The molecule has 0 aliphatic rings. The van der Waals surface area contributed by atoms with Crippen LogP contribution in [0.4, 0.5) is 57.1 Å². The Hall–Kier alpha value is -0.162. The van der Waals surface area contributed by atoms with Gasteiger partial charge < -0.3 is 12.3 Å². The zero-order valence-corrected chi connectivity index (χ0v) is 25.4. The molecule has 20 heteroatoms. The molecule has 3 atom stereocenters. The SMILES string of the molecule is C[Si](C)(C)O[Si](O[Si](C)(C)C)(O[Si](C)(C)C)C(F)C(F)(F)C(F)(F)C(F)(F)C(F)(F)C(F)C(F)C(F)F. The van der Waals surface area contributed by atoms with Crippen molar-refractivity contribution >= 4 is 33.8 Å². The highest BCUT2D eigenvalue weighted by molar-refractivity contribution is 6.90. The molecule has 0 saturated heterocycles. The van der Waals surface area contributed by atoms with E-state index in [0.717, 1.165) is 0 Å². The Labute approximate surface area is 210 Å². The fourth-order valence-corrected chi connectivity index (χ4v) is 16.5. The molecule has 0 fully saturated rings. The van der Waals surface area contributed by atoms with Crippen molar-refractivity contribution in [3.63, 3.8) is 0 Å². The molecular weight excluding hydrogens is 612 g/mol. The molecule has 3 unspecified atom stereocenters. The maximum absolute atomic E-state index is 15.7. The quantitative estimate of drug-likeness (QED) is 0.143. The summed E-state index contributed by atoms with van der Waals surface area (Å²) in [6.45, 7) is 11.4. The molecule has 0 aromatic carbocycles. The molecule has 0 aliphatic carbocycles. The molecule has 0 heterocycles. The summed E-state index contributed by atoms with van der Waals surface area (Å²) in [5.74, 6) is -33.6. The lowest BCUT2D eigenvalue weighted by atomic mass is 9.94. The first-order valence-electron chi connectivity index (χ1n) is 10.6. The number of rotatable bonds is 14. The highest BCUT2D eigenvalue weighted by Gasteiger charge is 2.87. The van der Waals surface area contributed by atoms with Crippen molar-refractivity contribution in [3.8, 4) is 0 Å². The summed E-state index contributed by atoms with van der Waals surface area (Å²) in [6, 6.07) is 0. The molecule has 37 heavy (non-hydrogen) atoms. The van der Waals surface area contributed by atoms with Crippen LogP contribution < -0.4 is 0 Å². The zero-order chi connectivity index (χ0) is 30.4. The van der Waals surface area contributed by atoms with Gasteiger partial charge in [-0.15, -0.1) is 0 Å². The first-order valence-corrected chi connectivity index (χ1v) is 22.6. The summed E-state index contributed by atoms with van der Waals surface area (Å²) in [5.41, 5.74) is 0. The summed E-state index contributed by atoms with van der Waals surface area (Å²) in [5, 5.41) is 0. The smallest absolute Gasteiger partial charge is 0.415 e. The number of alkyl halides is 13. The van der Waals surface area contributed by atoms with Crippen molar-refractivity contribution in [1.82, 2.24) is 0 Å². The van der Waals surface area contributed by atoms with Crippen LogP contribution in [0.25, 0.3) is 0 Å². The summed E-state index contributed by atoms with van der Waals surface area (Å²) in [4.78, 5) is 0. The molecule has 0 N–H and O–H groups in total. The number of halogens is 13. The Balaban J connectivity index is 7.11. The minimum absolute atomic E-state index is 1.26. The van der Waals surface area contributed by atoms with Gasteiger partial charge >= 0.3 is 32.5 Å². The minimum Gasteiger partial charge on any atom is -0.415 e. The molecule has 0 rings (SSSR count). The molecule has 0 aliphatic heterocycles. The van der Waals surface area contributed by atoms with Crippen LogP contribution in [0.5, 0.6) is 0 Å². The summed E-state index contributed by atoms with van der Waals surface area (Å²) in [6.07, 6.45) is -14.8. The largest absolute Gasteiger partial charge is 0.512 e. The van der Waals surface area contributed by atoms with Crippen LogP contribution in [0.1, 0.15) is 0 Å². The van der Waals surface area contributed by atoms with Crippen molar-refractivity contribution in [1.29, 1.82) is 0 Å². The van der Waals surface area contributed by atoms with Gasteiger partial charge in [-0.05, 0) is 58.9 Å². The Morgan fingerprint density at radius 1 is 0.486 bits per heavy atom. The highest BCUT2D eigenvalue weighted by Crippen LogP contribution is 2.57. The van der Waals surface area contributed by atoms with E-state index in [1.54, 1.807) is 0 Å². The zero-order valence-electron chi connectivity index (χ0n) is 21.4. The molecule has 0 saturated carbocycles. The van der Waals surface area contributed by atoms with E-state index >= 15 is 13.2 Å². The van der Waals surface area contributed by atoms with Crippen LogP contribution in [0.2, 0.25) is 58.9 Å².